The second-order valence-corrected chi connectivity index (χ2v) is 14.5. The second-order valence-electron chi connectivity index (χ2n) is 14.5. The maximum atomic E-state index is 14.4. The van der Waals surface area contributed by atoms with Crippen molar-refractivity contribution in [1.82, 2.24) is 20.7 Å². The fraction of sp³-hybridized carbons (Fsp3) is 0.865. The summed E-state index contributed by atoms with van der Waals surface area (Å²) in [4.78, 5) is 42.3. The average Bonchev–Trinajstić information content (AvgIpc) is 3.03. The topological polar surface area (TPSA) is 102 Å². The number of nitrogens with zero attached hydrogens (tertiary/aromatic N) is 2. The highest BCUT2D eigenvalue weighted by Crippen LogP contribution is 2.36. The van der Waals surface area contributed by atoms with Crippen LogP contribution in [0.25, 0.3) is 0 Å². The molecule has 0 radical (unpaired) electrons. The van der Waals surface area contributed by atoms with Crippen molar-refractivity contribution in [3.05, 3.63) is 0 Å². The molecule has 47 heavy (non-hydrogen) atoms. The van der Waals surface area contributed by atoms with E-state index in [1.54, 1.807) is 11.9 Å². The first-order chi connectivity index (χ1) is 22.6. The van der Waals surface area contributed by atoms with Gasteiger partial charge in [-0.05, 0) is 83.0 Å². The van der Waals surface area contributed by atoms with Crippen LogP contribution in [0.4, 0.5) is 8.78 Å². The Bertz CT molecular complexity index is 1030. The van der Waals surface area contributed by atoms with Gasteiger partial charge in [0.2, 0.25) is 17.7 Å². The first kappa shape index (κ1) is 39.2. The maximum absolute atomic E-state index is 14.4. The largest absolute Gasteiger partial charge is 0.390 e. The molecule has 8 nitrogen and oxygen atoms in total. The van der Waals surface area contributed by atoms with E-state index in [-0.39, 0.29) is 67.7 Å². The van der Waals surface area contributed by atoms with Crippen molar-refractivity contribution in [2.24, 2.45) is 29.6 Å². The van der Waals surface area contributed by atoms with Gasteiger partial charge in [-0.25, -0.2) is 13.8 Å². The van der Waals surface area contributed by atoms with Crippen LogP contribution in [-0.4, -0.2) is 83.4 Å². The van der Waals surface area contributed by atoms with Crippen LogP contribution in [0.3, 0.4) is 0 Å². The molecule has 268 valence electrons. The summed E-state index contributed by atoms with van der Waals surface area (Å²) >= 11 is 0. The highest BCUT2D eigenvalue weighted by molar-refractivity contribution is 5.83. The standard InChI is InChI=1S/C37H62F2N4O4/c1-5-12-27-17-29(23-30(18-27)37(47)42(15-6-2)16-7-3)36(46)40-33(21-28-19-31(38)24-32(39)20-28)34(44)25-43(8-4)41-35(45)22-26-13-10-9-11-14-26/h26-34,44H,6-11,13-25H2,1-4H3,(H,40,46)(H,41,45). The smallest absolute Gasteiger partial charge is 0.234 e. The number of hydrazine groups is 1. The zero-order valence-corrected chi connectivity index (χ0v) is 29.5. The molecule has 0 saturated heterocycles. The minimum atomic E-state index is -1.25. The molecular formula is C37H62F2N4O4. The normalized spacial score (nSPS) is 28.1. The third-order valence-electron chi connectivity index (χ3n) is 10.4. The highest BCUT2D eigenvalue weighted by atomic mass is 19.1. The Morgan fingerprint density at radius 3 is 2.11 bits per heavy atom. The Kier molecular flexibility index (Phi) is 16.9. The number of nitrogens with one attached hydrogen (secondary N) is 2. The number of aliphatic hydroxyl groups excluding tert-OH is 1. The van der Waals surface area contributed by atoms with E-state index < -0.39 is 30.4 Å². The van der Waals surface area contributed by atoms with E-state index in [4.69, 9.17) is 0 Å². The second kappa shape index (κ2) is 20.3. The van der Waals surface area contributed by atoms with Crippen molar-refractivity contribution >= 4 is 17.7 Å². The van der Waals surface area contributed by atoms with Crippen LogP contribution in [0.2, 0.25) is 0 Å². The fourth-order valence-corrected chi connectivity index (χ4v) is 8.12. The van der Waals surface area contributed by atoms with E-state index >= 15 is 0 Å². The molecule has 3 saturated carbocycles. The molecule has 3 rings (SSSR count). The summed E-state index contributed by atoms with van der Waals surface area (Å²) in [5.41, 5.74) is 2.95. The van der Waals surface area contributed by atoms with Gasteiger partial charge in [0.05, 0.1) is 12.1 Å². The summed E-state index contributed by atoms with van der Waals surface area (Å²) < 4.78 is 28.8. The van der Waals surface area contributed by atoms with Crippen LogP contribution in [-0.2, 0) is 14.4 Å². The summed E-state index contributed by atoms with van der Waals surface area (Å²) in [6.07, 6.45) is 6.21. The van der Waals surface area contributed by atoms with Crippen molar-refractivity contribution < 1.29 is 28.3 Å². The quantitative estimate of drug-likeness (QED) is 0.145. The van der Waals surface area contributed by atoms with E-state index in [1.807, 2.05) is 25.7 Å². The summed E-state index contributed by atoms with van der Waals surface area (Å²) in [6, 6.07) is -0.766. The molecule has 10 heteroatoms. The van der Waals surface area contributed by atoms with E-state index in [1.165, 1.54) is 6.42 Å². The number of rotatable bonds is 16. The molecule has 3 aliphatic carbocycles. The molecule has 0 aliphatic heterocycles. The molecule has 3 aliphatic rings. The monoisotopic (exact) mass is 664 g/mol. The van der Waals surface area contributed by atoms with E-state index in [0.717, 1.165) is 38.5 Å². The number of carbonyl (C=O) groups is 3. The Morgan fingerprint density at radius 2 is 1.51 bits per heavy atom. The van der Waals surface area contributed by atoms with Crippen LogP contribution in [0, 0.1) is 41.4 Å². The van der Waals surface area contributed by atoms with Gasteiger partial charge in [0, 0.05) is 56.8 Å². The van der Waals surface area contributed by atoms with Gasteiger partial charge >= 0.3 is 0 Å². The van der Waals surface area contributed by atoms with E-state index in [9.17, 15) is 28.3 Å². The van der Waals surface area contributed by atoms with Gasteiger partial charge in [-0.2, -0.15) is 0 Å². The predicted molar refractivity (Wildman–Crippen MR) is 181 cm³/mol. The lowest BCUT2D eigenvalue weighted by atomic mass is 9.74. The van der Waals surface area contributed by atoms with E-state index in [0.29, 0.717) is 51.2 Å². The summed E-state index contributed by atoms with van der Waals surface area (Å²) in [5, 5.41) is 16.3. The zero-order chi connectivity index (χ0) is 34.3. The molecule has 0 heterocycles. The van der Waals surface area contributed by atoms with Crippen molar-refractivity contribution in [2.75, 3.05) is 26.2 Å². The number of halogens is 2. The number of hydrogen-bond donors (Lipinski definition) is 3. The molecule has 0 aromatic rings. The van der Waals surface area contributed by atoms with Crippen molar-refractivity contribution in [3.63, 3.8) is 0 Å². The Morgan fingerprint density at radius 1 is 0.872 bits per heavy atom. The highest BCUT2D eigenvalue weighted by Gasteiger charge is 2.39. The molecule has 3 fully saturated rings. The predicted octanol–water partition coefficient (Wildman–Crippen LogP) is 5.73. The van der Waals surface area contributed by atoms with Crippen LogP contribution >= 0.6 is 0 Å². The van der Waals surface area contributed by atoms with Gasteiger partial charge in [0.15, 0.2) is 0 Å². The lowest BCUT2D eigenvalue weighted by Gasteiger charge is -2.37. The van der Waals surface area contributed by atoms with Gasteiger partial charge in [-0.3, -0.25) is 19.8 Å². The first-order valence-corrected chi connectivity index (χ1v) is 18.6. The minimum Gasteiger partial charge on any atom is -0.390 e. The Balaban J connectivity index is 1.74. The molecule has 3 N–H and O–H groups in total. The minimum absolute atomic E-state index is 0.0680. The van der Waals surface area contributed by atoms with Crippen molar-refractivity contribution in [3.8, 4) is 11.8 Å². The first-order valence-electron chi connectivity index (χ1n) is 18.6. The molecule has 7 unspecified atom stereocenters. The fourth-order valence-electron chi connectivity index (χ4n) is 8.12. The van der Waals surface area contributed by atoms with E-state index in [2.05, 4.69) is 22.6 Å². The number of aliphatic hydroxyl groups is 1. The zero-order valence-electron chi connectivity index (χ0n) is 29.5. The molecular weight excluding hydrogens is 602 g/mol. The number of carbonyl (C=O) groups excluding carboxylic acids is 3. The van der Waals surface area contributed by atoms with Crippen LogP contribution < -0.4 is 10.7 Å². The molecule has 0 spiro atoms. The summed E-state index contributed by atoms with van der Waals surface area (Å²) in [7, 11) is 0. The third-order valence-corrected chi connectivity index (χ3v) is 10.4. The molecule has 3 amide bonds. The lowest BCUT2D eigenvalue weighted by molar-refractivity contribution is -0.139. The molecule has 0 bridgehead atoms. The van der Waals surface area contributed by atoms with Gasteiger partial charge in [0.25, 0.3) is 0 Å². The van der Waals surface area contributed by atoms with Gasteiger partial charge in [-0.15, -0.1) is 11.8 Å². The summed E-state index contributed by atoms with van der Waals surface area (Å²) in [5.74, 6) is 5.05. The van der Waals surface area contributed by atoms with Gasteiger partial charge in [0.1, 0.15) is 12.3 Å². The summed E-state index contributed by atoms with van der Waals surface area (Å²) in [6.45, 7) is 9.63. The van der Waals surface area contributed by atoms with Crippen molar-refractivity contribution in [1.29, 1.82) is 0 Å². The number of alkyl halides is 2. The number of amides is 3. The van der Waals surface area contributed by atoms with Crippen LogP contribution in [0.1, 0.15) is 124 Å². The van der Waals surface area contributed by atoms with Gasteiger partial charge < -0.3 is 15.3 Å². The molecule has 0 aromatic carbocycles. The average molecular weight is 665 g/mol. The van der Waals surface area contributed by atoms with Crippen LogP contribution in [0.15, 0.2) is 0 Å². The molecule has 7 atom stereocenters. The Labute approximate surface area is 282 Å². The lowest BCUT2D eigenvalue weighted by Crippen LogP contribution is -2.54. The van der Waals surface area contributed by atoms with Crippen LogP contribution in [0.5, 0.6) is 0 Å². The number of hydrogen-bond acceptors (Lipinski definition) is 5. The van der Waals surface area contributed by atoms with Gasteiger partial charge in [-0.1, -0.05) is 40.0 Å². The SMILES string of the molecule is CC#CC1CC(C(=O)NC(CC2CC(F)CC(F)C2)C(O)CN(CC)NC(=O)CC2CCCCC2)CC(C(=O)N(CCC)CCC)C1. The number of likely N-dealkylation sites (N-methyl/N-ethyl adjacent to an activating group) is 1. The Hall–Kier alpha value is -2.25. The third kappa shape index (κ3) is 12.9. The maximum Gasteiger partial charge on any atom is 0.234 e. The van der Waals surface area contributed by atoms with Crippen molar-refractivity contribution in [2.45, 2.75) is 148 Å². The molecule has 0 aromatic heterocycles.